The zero-order chi connectivity index (χ0) is 20.8. The highest BCUT2D eigenvalue weighted by Gasteiger charge is 2.53. The van der Waals surface area contributed by atoms with Crippen LogP contribution >= 0.6 is 0 Å². The summed E-state index contributed by atoms with van der Waals surface area (Å²) in [5.41, 5.74) is 6.87. The van der Waals surface area contributed by atoms with Crippen molar-refractivity contribution in [2.75, 3.05) is 7.11 Å². The van der Waals surface area contributed by atoms with Crippen molar-refractivity contribution in [1.29, 1.82) is 0 Å². The number of aryl methyl sites for hydroxylation is 2. The first-order valence-electron chi connectivity index (χ1n) is 10.6. The summed E-state index contributed by atoms with van der Waals surface area (Å²) in [5.74, 6) is 0.899. The summed E-state index contributed by atoms with van der Waals surface area (Å²) in [5, 5.41) is 0. The number of rotatable bonds is 3. The Morgan fingerprint density at radius 2 is 1.59 bits per heavy atom. The van der Waals surface area contributed by atoms with Crippen molar-refractivity contribution in [3.8, 4) is 5.75 Å². The highest BCUT2D eigenvalue weighted by atomic mass is 16.7. The fraction of sp³-hybridized carbons (Fsp3) is 0.440. The Morgan fingerprint density at radius 1 is 0.897 bits per heavy atom. The molecule has 1 saturated heterocycles. The minimum atomic E-state index is -0.389. The van der Waals surface area contributed by atoms with Crippen LogP contribution in [0.25, 0.3) is 11.0 Å². The van der Waals surface area contributed by atoms with Gasteiger partial charge in [0.25, 0.3) is 0 Å². The van der Waals surface area contributed by atoms with Gasteiger partial charge in [-0.05, 0) is 99.3 Å². The van der Waals surface area contributed by atoms with Gasteiger partial charge in [0.15, 0.2) is 0 Å². The van der Waals surface area contributed by atoms with Gasteiger partial charge in [-0.1, -0.05) is 30.3 Å². The van der Waals surface area contributed by atoms with Crippen molar-refractivity contribution in [2.45, 2.75) is 65.1 Å². The second-order valence-electron chi connectivity index (χ2n) is 9.17. The van der Waals surface area contributed by atoms with E-state index >= 15 is 0 Å². The number of benzene rings is 2. The number of allylic oxidation sites excluding steroid dienone is 1. The van der Waals surface area contributed by atoms with Crippen LogP contribution in [0.5, 0.6) is 5.75 Å². The smallest absolute Gasteiger partial charge is 0.495 e. The van der Waals surface area contributed by atoms with Gasteiger partial charge in [-0.15, -0.1) is 0 Å². The Kier molecular flexibility index (Phi) is 5.12. The summed E-state index contributed by atoms with van der Waals surface area (Å²) in [6.45, 7) is 10.7. The SMILES string of the molecule is COc1ccc2c(c1)CCCC(c1ccccc1C)=C2B1OC(C)(C)C(C)(C)O1. The molecule has 0 N–H and O–H groups in total. The number of fused-ring (bicyclic) bond motifs is 1. The maximum atomic E-state index is 6.55. The van der Waals surface area contributed by atoms with Crippen LogP contribution < -0.4 is 4.74 Å². The van der Waals surface area contributed by atoms with E-state index in [-0.39, 0.29) is 18.3 Å². The normalized spacial score (nSPS) is 20.4. The van der Waals surface area contributed by atoms with Crippen molar-refractivity contribution >= 4 is 18.2 Å². The third kappa shape index (κ3) is 3.53. The summed E-state index contributed by atoms with van der Waals surface area (Å²) in [4.78, 5) is 0. The molecule has 0 atom stereocenters. The molecule has 2 aromatic rings. The summed E-state index contributed by atoms with van der Waals surface area (Å²) < 4.78 is 18.6. The van der Waals surface area contributed by atoms with Gasteiger partial charge in [0, 0.05) is 0 Å². The molecule has 1 heterocycles. The highest BCUT2D eigenvalue weighted by Crippen LogP contribution is 2.46. The lowest BCUT2D eigenvalue weighted by atomic mass is 9.69. The summed E-state index contributed by atoms with van der Waals surface area (Å²) >= 11 is 0. The molecule has 1 fully saturated rings. The summed E-state index contributed by atoms with van der Waals surface area (Å²) in [6.07, 6.45) is 3.11. The Bertz CT molecular complexity index is 942. The third-order valence-electron chi connectivity index (χ3n) is 6.76. The van der Waals surface area contributed by atoms with Crippen molar-refractivity contribution in [1.82, 2.24) is 0 Å². The lowest BCUT2D eigenvalue weighted by Crippen LogP contribution is -2.41. The molecule has 0 radical (unpaired) electrons. The second kappa shape index (κ2) is 7.34. The Balaban J connectivity index is 1.94. The van der Waals surface area contributed by atoms with E-state index in [1.807, 2.05) is 6.07 Å². The first-order chi connectivity index (χ1) is 13.7. The largest absolute Gasteiger partial charge is 0.497 e. The average Bonchev–Trinajstić information content (AvgIpc) is 2.81. The maximum absolute atomic E-state index is 6.55. The topological polar surface area (TPSA) is 27.7 Å². The van der Waals surface area contributed by atoms with E-state index in [1.165, 1.54) is 33.3 Å². The van der Waals surface area contributed by atoms with Crippen molar-refractivity contribution in [3.05, 3.63) is 64.7 Å². The van der Waals surface area contributed by atoms with Gasteiger partial charge in [0.2, 0.25) is 0 Å². The van der Waals surface area contributed by atoms with Crippen LogP contribution in [0.4, 0.5) is 0 Å². The lowest BCUT2D eigenvalue weighted by molar-refractivity contribution is 0.00578. The first-order valence-corrected chi connectivity index (χ1v) is 10.6. The average molecular weight is 390 g/mol. The molecule has 3 nitrogen and oxygen atoms in total. The zero-order valence-corrected chi connectivity index (χ0v) is 18.5. The Morgan fingerprint density at radius 3 is 2.24 bits per heavy atom. The van der Waals surface area contributed by atoms with Gasteiger partial charge in [-0.2, -0.15) is 0 Å². The Hall–Kier alpha value is -2.04. The van der Waals surface area contributed by atoms with Crippen molar-refractivity contribution in [3.63, 3.8) is 0 Å². The molecule has 0 aromatic heterocycles. The molecule has 29 heavy (non-hydrogen) atoms. The monoisotopic (exact) mass is 390 g/mol. The molecular weight excluding hydrogens is 359 g/mol. The van der Waals surface area contributed by atoms with Gasteiger partial charge < -0.3 is 14.0 Å². The Labute approximate surface area is 175 Å². The molecule has 4 heteroatoms. The predicted molar refractivity (Wildman–Crippen MR) is 120 cm³/mol. The van der Waals surface area contributed by atoms with Crippen LogP contribution in [0.3, 0.4) is 0 Å². The van der Waals surface area contributed by atoms with Gasteiger partial charge in [-0.3, -0.25) is 0 Å². The summed E-state index contributed by atoms with van der Waals surface area (Å²) in [6, 6.07) is 15.0. The standard InChI is InChI=1S/C25H31BO3/c1-17-10-7-8-12-20(17)22-13-9-11-18-16-19(27-6)14-15-21(18)23(22)26-28-24(2,3)25(4,5)29-26/h7-8,10,12,14-16H,9,11,13H2,1-6H3. The minimum absolute atomic E-state index is 0.375. The first kappa shape index (κ1) is 20.2. The van der Waals surface area contributed by atoms with Crippen LogP contribution in [-0.2, 0) is 15.7 Å². The molecule has 0 amide bonds. The van der Waals surface area contributed by atoms with E-state index in [4.69, 9.17) is 14.0 Å². The van der Waals surface area contributed by atoms with Crippen LogP contribution in [0.1, 0.15) is 62.8 Å². The van der Waals surface area contributed by atoms with E-state index < -0.39 is 0 Å². The molecule has 1 aliphatic heterocycles. The van der Waals surface area contributed by atoms with Gasteiger partial charge in [0.1, 0.15) is 5.75 Å². The van der Waals surface area contributed by atoms with Crippen LogP contribution in [0, 0.1) is 6.92 Å². The number of ether oxygens (including phenoxy) is 1. The molecule has 2 aliphatic rings. The zero-order valence-electron chi connectivity index (χ0n) is 18.5. The fourth-order valence-corrected chi connectivity index (χ4v) is 4.34. The van der Waals surface area contributed by atoms with E-state index in [9.17, 15) is 0 Å². The highest BCUT2D eigenvalue weighted by molar-refractivity contribution is 6.71. The number of hydrogen-bond donors (Lipinski definition) is 0. The fourth-order valence-electron chi connectivity index (χ4n) is 4.34. The number of methoxy groups -OCH3 is 1. The second-order valence-corrected chi connectivity index (χ2v) is 9.17. The maximum Gasteiger partial charge on any atom is 0.495 e. The van der Waals surface area contributed by atoms with Crippen molar-refractivity contribution < 1.29 is 14.0 Å². The van der Waals surface area contributed by atoms with Crippen LogP contribution in [-0.4, -0.2) is 25.4 Å². The number of hydrogen-bond acceptors (Lipinski definition) is 3. The summed E-state index contributed by atoms with van der Waals surface area (Å²) in [7, 11) is 1.34. The molecular formula is C25H31BO3. The van der Waals surface area contributed by atoms with Crippen LogP contribution in [0.2, 0.25) is 0 Å². The van der Waals surface area contributed by atoms with Gasteiger partial charge in [-0.25, -0.2) is 0 Å². The van der Waals surface area contributed by atoms with E-state index in [1.54, 1.807) is 7.11 Å². The van der Waals surface area contributed by atoms with Gasteiger partial charge >= 0.3 is 7.12 Å². The molecule has 2 aromatic carbocycles. The molecule has 152 valence electrons. The van der Waals surface area contributed by atoms with Crippen LogP contribution in [0.15, 0.2) is 42.5 Å². The minimum Gasteiger partial charge on any atom is -0.497 e. The molecule has 0 bridgehead atoms. The van der Waals surface area contributed by atoms with E-state index in [2.05, 4.69) is 71.0 Å². The molecule has 1 aliphatic carbocycles. The van der Waals surface area contributed by atoms with E-state index in [0.717, 1.165) is 25.0 Å². The molecule has 4 rings (SSSR count). The van der Waals surface area contributed by atoms with E-state index in [0.29, 0.717) is 0 Å². The van der Waals surface area contributed by atoms with Crippen molar-refractivity contribution in [2.24, 2.45) is 0 Å². The third-order valence-corrected chi connectivity index (χ3v) is 6.76. The quantitative estimate of drug-likeness (QED) is 0.613. The van der Waals surface area contributed by atoms with Gasteiger partial charge in [0.05, 0.1) is 18.3 Å². The molecule has 0 unspecified atom stereocenters. The molecule has 0 saturated carbocycles. The lowest BCUT2D eigenvalue weighted by Gasteiger charge is -2.32. The molecule has 0 spiro atoms. The predicted octanol–water partition coefficient (Wildman–Crippen LogP) is 5.88.